The summed E-state index contributed by atoms with van der Waals surface area (Å²) >= 11 is 5.79. The summed E-state index contributed by atoms with van der Waals surface area (Å²) in [7, 11) is 0. The number of aliphatic hydroxyl groups is 1. The normalized spacial score (nSPS) is 18.9. The molecule has 2 rings (SSSR count). The number of carbonyl (C=O) groups excluding carboxylic acids is 1. The fourth-order valence-electron chi connectivity index (χ4n) is 2.40. The summed E-state index contributed by atoms with van der Waals surface area (Å²) in [6.07, 6.45) is 1.90. The van der Waals surface area contributed by atoms with E-state index in [1.807, 2.05) is 0 Å². The third-order valence-corrected chi connectivity index (χ3v) is 3.94. The molecule has 0 saturated carbocycles. The lowest BCUT2D eigenvalue weighted by atomic mass is 10.0. The molecule has 0 aliphatic carbocycles. The van der Waals surface area contributed by atoms with Gasteiger partial charge in [0.15, 0.2) is 0 Å². The van der Waals surface area contributed by atoms with Crippen molar-refractivity contribution in [2.24, 2.45) is 5.92 Å². The minimum atomic E-state index is -0.690. The summed E-state index contributed by atoms with van der Waals surface area (Å²) in [4.78, 5) is 11.7. The van der Waals surface area contributed by atoms with Crippen LogP contribution in [-0.4, -0.2) is 30.6 Å². The second-order valence-corrected chi connectivity index (χ2v) is 5.71. The van der Waals surface area contributed by atoms with Crippen molar-refractivity contribution in [1.82, 2.24) is 10.6 Å². The number of aliphatic hydroxyl groups excluding tert-OH is 1. The highest BCUT2D eigenvalue weighted by Crippen LogP contribution is 2.16. The van der Waals surface area contributed by atoms with Crippen LogP contribution < -0.4 is 10.6 Å². The van der Waals surface area contributed by atoms with Crippen molar-refractivity contribution < 1.29 is 9.90 Å². The molecule has 0 radical (unpaired) electrons. The highest BCUT2D eigenvalue weighted by Gasteiger charge is 2.16. The van der Waals surface area contributed by atoms with E-state index >= 15 is 0 Å². The van der Waals surface area contributed by atoms with Gasteiger partial charge in [-0.3, -0.25) is 4.79 Å². The fraction of sp³-hybridized carbons (Fsp3) is 0.533. The Bertz CT molecular complexity index is 434. The van der Waals surface area contributed by atoms with Gasteiger partial charge < -0.3 is 15.7 Å². The zero-order chi connectivity index (χ0) is 14.4. The maximum atomic E-state index is 11.7. The summed E-state index contributed by atoms with van der Waals surface area (Å²) in [6, 6.07) is 7.00. The third-order valence-electron chi connectivity index (χ3n) is 3.69. The Balaban J connectivity index is 0.00000220. The Morgan fingerprint density at radius 3 is 2.76 bits per heavy atom. The molecule has 0 aromatic heterocycles. The van der Waals surface area contributed by atoms with Gasteiger partial charge in [0.1, 0.15) is 0 Å². The van der Waals surface area contributed by atoms with E-state index in [0.29, 0.717) is 17.4 Å². The Kier molecular flexibility index (Phi) is 8.04. The number of rotatable bonds is 6. The summed E-state index contributed by atoms with van der Waals surface area (Å²) in [5.74, 6) is 0.617. The highest BCUT2D eigenvalue weighted by atomic mass is 35.5. The zero-order valence-electron chi connectivity index (χ0n) is 11.8. The molecule has 0 spiro atoms. The van der Waals surface area contributed by atoms with Gasteiger partial charge in [0, 0.05) is 18.0 Å². The molecular weight excluding hydrogens is 311 g/mol. The van der Waals surface area contributed by atoms with Gasteiger partial charge in [-0.05, 0) is 49.5 Å². The average Bonchev–Trinajstić information content (AvgIpc) is 2.96. The van der Waals surface area contributed by atoms with Crippen molar-refractivity contribution in [1.29, 1.82) is 0 Å². The molecule has 4 nitrogen and oxygen atoms in total. The molecule has 6 heteroatoms. The van der Waals surface area contributed by atoms with Crippen LogP contribution in [0.25, 0.3) is 0 Å². The molecule has 2 atom stereocenters. The molecule has 0 bridgehead atoms. The van der Waals surface area contributed by atoms with Crippen molar-refractivity contribution in [2.45, 2.75) is 25.4 Å². The van der Waals surface area contributed by atoms with E-state index in [4.69, 9.17) is 11.6 Å². The molecule has 1 aromatic rings. The first kappa shape index (κ1) is 18.2. The molecule has 118 valence electrons. The monoisotopic (exact) mass is 332 g/mol. The minimum Gasteiger partial charge on any atom is -0.387 e. The number of amides is 1. The number of nitrogens with one attached hydrogen (secondary N) is 2. The van der Waals surface area contributed by atoms with E-state index in [9.17, 15) is 9.90 Å². The number of benzene rings is 1. The van der Waals surface area contributed by atoms with Gasteiger partial charge in [-0.2, -0.15) is 0 Å². The zero-order valence-corrected chi connectivity index (χ0v) is 13.4. The molecule has 2 unspecified atom stereocenters. The molecule has 1 aromatic carbocycles. The number of carbonyl (C=O) groups is 1. The molecule has 1 fully saturated rings. The third kappa shape index (κ3) is 6.22. The first-order valence-electron chi connectivity index (χ1n) is 7.06. The van der Waals surface area contributed by atoms with Gasteiger partial charge in [-0.1, -0.05) is 23.7 Å². The lowest BCUT2D eigenvalue weighted by Gasteiger charge is -2.13. The molecule has 1 heterocycles. The van der Waals surface area contributed by atoms with Gasteiger partial charge in [0.05, 0.1) is 6.10 Å². The lowest BCUT2D eigenvalue weighted by molar-refractivity contribution is -0.121. The first-order chi connectivity index (χ1) is 9.65. The van der Waals surface area contributed by atoms with Crippen LogP contribution in [0.4, 0.5) is 0 Å². The van der Waals surface area contributed by atoms with Crippen molar-refractivity contribution in [3.8, 4) is 0 Å². The molecular formula is C15H22Cl2N2O2. The predicted octanol–water partition coefficient (Wildman–Crippen LogP) is 2.30. The summed E-state index contributed by atoms with van der Waals surface area (Å²) < 4.78 is 0. The van der Waals surface area contributed by atoms with Gasteiger partial charge in [-0.15, -0.1) is 12.4 Å². The SMILES string of the molecule is Cl.O=C(CCC1CCNC1)NCC(O)c1ccc(Cl)cc1. The van der Waals surface area contributed by atoms with Gasteiger partial charge in [-0.25, -0.2) is 0 Å². The van der Waals surface area contributed by atoms with Crippen molar-refractivity contribution in [3.63, 3.8) is 0 Å². The summed E-state index contributed by atoms with van der Waals surface area (Å²) in [6.45, 7) is 2.31. The maximum Gasteiger partial charge on any atom is 0.220 e. The first-order valence-corrected chi connectivity index (χ1v) is 7.44. The largest absolute Gasteiger partial charge is 0.387 e. The highest BCUT2D eigenvalue weighted by molar-refractivity contribution is 6.30. The molecule has 1 saturated heterocycles. The smallest absolute Gasteiger partial charge is 0.220 e. The predicted molar refractivity (Wildman–Crippen MR) is 86.9 cm³/mol. The van der Waals surface area contributed by atoms with Crippen LogP contribution in [-0.2, 0) is 4.79 Å². The van der Waals surface area contributed by atoms with Crippen LogP contribution in [0, 0.1) is 5.92 Å². The maximum absolute atomic E-state index is 11.7. The van der Waals surface area contributed by atoms with E-state index in [1.54, 1.807) is 24.3 Å². The summed E-state index contributed by atoms with van der Waals surface area (Å²) in [5, 5.41) is 16.7. The average molecular weight is 333 g/mol. The fourth-order valence-corrected chi connectivity index (χ4v) is 2.52. The minimum absolute atomic E-state index is 0. The molecule has 1 aliphatic heterocycles. The molecule has 21 heavy (non-hydrogen) atoms. The summed E-state index contributed by atoms with van der Waals surface area (Å²) in [5.41, 5.74) is 0.759. The van der Waals surface area contributed by atoms with Crippen LogP contribution >= 0.6 is 24.0 Å². The van der Waals surface area contributed by atoms with Crippen molar-refractivity contribution in [3.05, 3.63) is 34.9 Å². The van der Waals surface area contributed by atoms with E-state index in [0.717, 1.165) is 31.5 Å². The standard InChI is InChI=1S/C15H21ClN2O2.ClH/c16-13-4-2-12(3-5-13)14(19)10-18-15(20)6-1-11-7-8-17-9-11;/h2-5,11,14,17,19H,1,6-10H2,(H,18,20);1H. The number of hydrogen-bond donors (Lipinski definition) is 3. The Hall–Kier alpha value is -0.810. The topological polar surface area (TPSA) is 61.4 Å². The lowest BCUT2D eigenvalue weighted by Crippen LogP contribution is -2.28. The molecule has 1 amide bonds. The van der Waals surface area contributed by atoms with Crippen molar-refractivity contribution >= 4 is 29.9 Å². The quantitative estimate of drug-likeness (QED) is 0.749. The van der Waals surface area contributed by atoms with Gasteiger partial charge in [0.2, 0.25) is 5.91 Å². The van der Waals surface area contributed by atoms with Gasteiger partial charge in [0.25, 0.3) is 0 Å². The van der Waals surface area contributed by atoms with E-state index in [1.165, 1.54) is 0 Å². The molecule has 1 aliphatic rings. The van der Waals surface area contributed by atoms with E-state index < -0.39 is 6.10 Å². The number of halogens is 2. The number of hydrogen-bond acceptors (Lipinski definition) is 3. The second-order valence-electron chi connectivity index (χ2n) is 5.27. The van der Waals surface area contributed by atoms with Crippen LogP contribution in [0.1, 0.15) is 30.9 Å². The van der Waals surface area contributed by atoms with Crippen LogP contribution in [0.2, 0.25) is 5.02 Å². The molecule has 3 N–H and O–H groups in total. The van der Waals surface area contributed by atoms with Crippen LogP contribution in [0.3, 0.4) is 0 Å². The second kappa shape index (κ2) is 9.26. The van der Waals surface area contributed by atoms with Crippen LogP contribution in [0.15, 0.2) is 24.3 Å². The Morgan fingerprint density at radius 2 is 2.14 bits per heavy atom. The Morgan fingerprint density at radius 1 is 1.43 bits per heavy atom. The van der Waals surface area contributed by atoms with Crippen LogP contribution in [0.5, 0.6) is 0 Å². The van der Waals surface area contributed by atoms with E-state index in [-0.39, 0.29) is 24.9 Å². The van der Waals surface area contributed by atoms with E-state index in [2.05, 4.69) is 10.6 Å². The van der Waals surface area contributed by atoms with Gasteiger partial charge >= 0.3 is 0 Å². The van der Waals surface area contributed by atoms with Crippen molar-refractivity contribution in [2.75, 3.05) is 19.6 Å². The Labute approximate surface area is 136 Å².